The summed E-state index contributed by atoms with van der Waals surface area (Å²) in [7, 11) is 0. The molecule has 0 aromatic carbocycles. The third-order valence-corrected chi connectivity index (χ3v) is 4.24. The van der Waals surface area contributed by atoms with E-state index in [1.54, 1.807) is 4.90 Å². The Labute approximate surface area is 114 Å². The van der Waals surface area contributed by atoms with Crippen molar-refractivity contribution >= 4 is 11.8 Å². The van der Waals surface area contributed by atoms with Crippen LogP contribution in [0, 0.1) is 18.3 Å². The Balaban J connectivity index is 2.32. The molecule has 0 aromatic heterocycles. The van der Waals surface area contributed by atoms with Crippen molar-refractivity contribution in [3.63, 3.8) is 0 Å². The van der Waals surface area contributed by atoms with E-state index in [0.29, 0.717) is 0 Å². The highest BCUT2D eigenvalue weighted by Gasteiger charge is 2.51. The predicted octanol–water partition coefficient (Wildman–Crippen LogP) is 1.31. The van der Waals surface area contributed by atoms with Crippen molar-refractivity contribution in [3.05, 3.63) is 0 Å². The molecule has 2 fully saturated rings. The fourth-order valence-corrected chi connectivity index (χ4v) is 3.33. The molecule has 1 spiro atoms. The summed E-state index contributed by atoms with van der Waals surface area (Å²) in [5.41, 5.74) is -0.683. The molecule has 0 bridgehead atoms. The zero-order valence-electron chi connectivity index (χ0n) is 11.7. The van der Waals surface area contributed by atoms with E-state index < -0.39 is 11.6 Å². The van der Waals surface area contributed by atoms with Gasteiger partial charge >= 0.3 is 0 Å². The zero-order valence-corrected chi connectivity index (χ0v) is 11.7. The number of piperazine rings is 1. The first-order valence-electron chi connectivity index (χ1n) is 7.08. The molecule has 1 aliphatic heterocycles. The standard InChI is InChI=1S/C15H22N2O2/c1-4-10-17-12(11(2)3)13(18)16-15(14(17)19)8-6-5-7-9-15/h1,11-12H,5-10H2,2-3H3,(H,16,18). The maximum Gasteiger partial charge on any atom is 0.249 e. The van der Waals surface area contributed by atoms with E-state index in [1.807, 2.05) is 13.8 Å². The van der Waals surface area contributed by atoms with E-state index in [1.165, 1.54) is 0 Å². The number of hydrogen-bond acceptors (Lipinski definition) is 2. The summed E-state index contributed by atoms with van der Waals surface area (Å²) < 4.78 is 0. The summed E-state index contributed by atoms with van der Waals surface area (Å²) >= 11 is 0. The van der Waals surface area contributed by atoms with Crippen LogP contribution in [0.3, 0.4) is 0 Å². The van der Waals surface area contributed by atoms with Crippen LogP contribution in [-0.4, -0.2) is 34.8 Å². The van der Waals surface area contributed by atoms with Crippen molar-refractivity contribution in [3.8, 4) is 12.3 Å². The van der Waals surface area contributed by atoms with Gasteiger partial charge in [-0.2, -0.15) is 0 Å². The normalized spacial score (nSPS) is 26.4. The van der Waals surface area contributed by atoms with Crippen molar-refractivity contribution in [2.75, 3.05) is 6.54 Å². The molecule has 1 heterocycles. The Bertz CT molecular complexity index is 416. The molecular weight excluding hydrogens is 240 g/mol. The van der Waals surface area contributed by atoms with Gasteiger partial charge in [-0.3, -0.25) is 9.59 Å². The minimum Gasteiger partial charge on any atom is -0.340 e. The largest absolute Gasteiger partial charge is 0.340 e. The molecule has 4 heteroatoms. The second-order valence-electron chi connectivity index (χ2n) is 5.96. The van der Waals surface area contributed by atoms with E-state index >= 15 is 0 Å². The number of nitrogens with one attached hydrogen (secondary N) is 1. The summed E-state index contributed by atoms with van der Waals surface area (Å²) in [5.74, 6) is 2.56. The number of nitrogens with zero attached hydrogens (tertiary/aromatic N) is 1. The first-order valence-corrected chi connectivity index (χ1v) is 7.08. The topological polar surface area (TPSA) is 49.4 Å². The molecule has 1 atom stereocenters. The van der Waals surface area contributed by atoms with Crippen LogP contribution in [0.25, 0.3) is 0 Å². The van der Waals surface area contributed by atoms with E-state index in [2.05, 4.69) is 11.2 Å². The Morgan fingerprint density at radius 1 is 1.37 bits per heavy atom. The smallest absolute Gasteiger partial charge is 0.249 e. The maximum atomic E-state index is 12.8. The van der Waals surface area contributed by atoms with Gasteiger partial charge in [0, 0.05) is 0 Å². The molecular formula is C15H22N2O2. The first-order chi connectivity index (χ1) is 9.02. The molecule has 1 saturated carbocycles. The van der Waals surface area contributed by atoms with E-state index in [0.717, 1.165) is 32.1 Å². The average Bonchev–Trinajstić information content (AvgIpc) is 2.36. The molecule has 2 rings (SSSR count). The number of hydrogen-bond donors (Lipinski definition) is 1. The van der Waals surface area contributed by atoms with Gasteiger partial charge in [0.1, 0.15) is 11.6 Å². The van der Waals surface area contributed by atoms with Crippen molar-refractivity contribution in [2.24, 2.45) is 5.92 Å². The van der Waals surface area contributed by atoms with Gasteiger partial charge in [0.25, 0.3) is 0 Å². The molecule has 4 nitrogen and oxygen atoms in total. The third-order valence-electron chi connectivity index (χ3n) is 4.24. The molecule has 1 aliphatic carbocycles. The van der Waals surface area contributed by atoms with Gasteiger partial charge in [-0.1, -0.05) is 39.0 Å². The van der Waals surface area contributed by atoms with Crippen molar-refractivity contribution < 1.29 is 9.59 Å². The second kappa shape index (κ2) is 5.24. The van der Waals surface area contributed by atoms with Crippen LogP contribution in [0.1, 0.15) is 46.0 Å². The lowest BCUT2D eigenvalue weighted by Gasteiger charge is -2.48. The maximum absolute atomic E-state index is 12.8. The third kappa shape index (κ3) is 2.34. The lowest BCUT2D eigenvalue weighted by atomic mass is 9.77. The van der Waals surface area contributed by atoms with Crippen molar-refractivity contribution in [2.45, 2.75) is 57.5 Å². The van der Waals surface area contributed by atoms with Gasteiger partial charge in [0.2, 0.25) is 11.8 Å². The van der Waals surface area contributed by atoms with Crippen LogP contribution in [-0.2, 0) is 9.59 Å². The van der Waals surface area contributed by atoms with Crippen LogP contribution < -0.4 is 5.32 Å². The lowest BCUT2D eigenvalue weighted by Crippen LogP contribution is -2.71. The molecule has 0 radical (unpaired) electrons. The van der Waals surface area contributed by atoms with Gasteiger partial charge in [-0.15, -0.1) is 6.42 Å². The number of amides is 2. The monoisotopic (exact) mass is 262 g/mol. The number of rotatable bonds is 2. The van der Waals surface area contributed by atoms with E-state index in [4.69, 9.17) is 6.42 Å². The summed E-state index contributed by atoms with van der Waals surface area (Å²) in [6.07, 6.45) is 9.96. The van der Waals surface area contributed by atoms with Gasteiger partial charge in [-0.25, -0.2) is 0 Å². The molecule has 1 N–H and O–H groups in total. The Morgan fingerprint density at radius 3 is 2.53 bits per heavy atom. The highest BCUT2D eigenvalue weighted by molar-refractivity contribution is 6.00. The summed E-state index contributed by atoms with van der Waals surface area (Å²) in [6, 6.07) is -0.434. The second-order valence-corrected chi connectivity index (χ2v) is 5.96. The number of terminal acetylenes is 1. The van der Waals surface area contributed by atoms with Gasteiger partial charge < -0.3 is 10.2 Å². The summed E-state index contributed by atoms with van der Waals surface area (Å²) in [5, 5.41) is 3.00. The highest BCUT2D eigenvalue weighted by Crippen LogP contribution is 2.34. The van der Waals surface area contributed by atoms with Gasteiger partial charge in [0.05, 0.1) is 6.54 Å². The van der Waals surface area contributed by atoms with Crippen LogP contribution in [0.4, 0.5) is 0 Å². The fraction of sp³-hybridized carbons (Fsp3) is 0.733. The summed E-state index contributed by atoms with van der Waals surface area (Å²) in [6.45, 7) is 4.11. The fourth-order valence-electron chi connectivity index (χ4n) is 3.33. The number of carbonyl (C=O) groups excluding carboxylic acids is 2. The minimum atomic E-state index is -0.683. The summed E-state index contributed by atoms with van der Waals surface area (Å²) in [4.78, 5) is 26.7. The van der Waals surface area contributed by atoms with Crippen molar-refractivity contribution in [1.82, 2.24) is 10.2 Å². The molecule has 2 aliphatic rings. The SMILES string of the molecule is C#CCN1C(=O)C2(CCCCC2)NC(=O)C1C(C)C. The van der Waals surface area contributed by atoms with Crippen LogP contribution >= 0.6 is 0 Å². The molecule has 19 heavy (non-hydrogen) atoms. The Kier molecular flexibility index (Phi) is 3.84. The molecule has 1 unspecified atom stereocenters. The average molecular weight is 262 g/mol. The van der Waals surface area contributed by atoms with Gasteiger partial charge in [0.15, 0.2) is 0 Å². The molecule has 1 saturated heterocycles. The predicted molar refractivity (Wildman–Crippen MR) is 73.1 cm³/mol. The van der Waals surface area contributed by atoms with Crippen LogP contribution in [0.2, 0.25) is 0 Å². The Hall–Kier alpha value is -1.50. The van der Waals surface area contributed by atoms with E-state index in [9.17, 15) is 9.59 Å². The Morgan fingerprint density at radius 2 is 2.00 bits per heavy atom. The minimum absolute atomic E-state index is 0.0171. The van der Waals surface area contributed by atoms with Crippen LogP contribution in [0.15, 0.2) is 0 Å². The highest BCUT2D eigenvalue weighted by atomic mass is 16.2. The molecule has 0 aromatic rings. The van der Waals surface area contributed by atoms with E-state index in [-0.39, 0.29) is 24.3 Å². The zero-order chi connectivity index (χ0) is 14.0. The first kappa shape index (κ1) is 13.9. The van der Waals surface area contributed by atoms with Crippen LogP contribution in [0.5, 0.6) is 0 Å². The number of carbonyl (C=O) groups is 2. The van der Waals surface area contributed by atoms with Gasteiger partial charge in [-0.05, 0) is 18.8 Å². The molecule has 2 amide bonds. The molecule has 104 valence electrons. The van der Waals surface area contributed by atoms with Crippen molar-refractivity contribution in [1.29, 1.82) is 0 Å². The lowest BCUT2D eigenvalue weighted by molar-refractivity contribution is -0.157. The quantitative estimate of drug-likeness (QED) is 0.763.